The van der Waals surface area contributed by atoms with Gasteiger partial charge in [-0.1, -0.05) is 6.07 Å². The second-order valence-corrected chi connectivity index (χ2v) is 4.18. The van der Waals surface area contributed by atoms with Crippen molar-refractivity contribution in [1.82, 2.24) is 4.98 Å². The normalized spacial score (nSPS) is 9.95. The van der Waals surface area contributed by atoms with Crippen LogP contribution in [0.4, 0.5) is 5.69 Å². The zero-order chi connectivity index (χ0) is 14.5. The Labute approximate surface area is 117 Å². The summed E-state index contributed by atoms with van der Waals surface area (Å²) in [6.45, 7) is 1.84. The van der Waals surface area contributed by atoms with Gasteiger partial charge in [0.1, 0.15) is 17.2 Å². The Morgan fingerprint density at radius 3 is 2.60 bits per heavy atom. The van der Waals surface area contributed by atoms with Gasteiger partial charge in [-0.3, -0.25) is 4.79 Å². The van der Waals surface area contributed by atoms with Crippen LogP contribution >= 0.6 is 0 Å². The van der Waals surface area contributed by atoms with Crippen molar-refractivity contribution in [2.24, 2.45) is 0 Å². The number of aryl methyl sites for hydroxylation is 1. The van der Waals surface area contributed by atoms with Crippen LogP contribution in [0.5, 0.6) is 11.5 Å². The molecule has 0 fully saturated rings. The van der Waals surface area contributed by atoms with Crippen LogP contribution in [0.2, 0.25) is 0 Å². The molecule has 0 aliphatic rings. The van der Waals surface area contributed by atoms with Gasteiger partial charge in [0.2, 0.25) is 0 Å². The molecule has 0 aliphatic heterocycles. The molecule has 0 radical (unpaired) electrons. The molecule has 1 N–H and O–H groups in total. The second kappa shape index (κ2) is 6.06. The predicted molar refractivity (Wildman–Crippen MR) is 76.5 cm³/mol. The number of carbonyl (C=O) groups is 1. The minimum absolute atomic E-state index is 0.280. The van der Waals surface area contributed by atoms with Crippen molar-refractivity contribution in [3.05, 3.63) is 47.8 Å². The summed E-state index contributed by atoms with van der Waals surface area (Å²) in [6.07, 6.45) is 0. The fourth-order valence-corrected chi connectivity index (χ4v) is 1.76. The van der Waals surface area contributed by atoms with E-state index in [4.69, 9.17) is 9.47 Å². The number of aromatic nitrogens is 1. The first-order valence-electron chi connectivity index (χ1n) is 6.11. The van der Waals surface area contributed by atoms with Crippen LogP contribution in [0.25, 0.3) is 0 Å². The van der Waals surface area contributed by atoms with Gasteiger partial charge in [-0.2, -0.15) is 0 Å². The first-order chi connectivity index (χ1) is 9.63. The number of pyridine rings is 1. The third kappa shape index (κ3) is 3.06. The van der Waals surface area contributed by atoms with Crippen molar-refractivity contribution in [2.75, 3.05) is 19.5 Å². The van der Waals surface area contributed by atoms with Gasteiger partial charge in [-0.25, -0.2) is 4.98 Å². The Morgan fingerprint density at radius 1 is 1.15 bits per heavy atom. The summed E-state index contributed by atoms with van der Waals surface area (Å²) in [4.78, 5) is 16.3. The van der Waals surface area contributed by atoms with Crippen molar-refractivity contribution in [2.45, 2.75) is 6.92 Å². The number of methoxy groups -OCH3 is 2. The lowest BCUT2D eigenvalue weighted by Gasteiger charge is -2.11. The number of benzene rings is 1. The minimum Gasteiger partial charge on any atom is -0.497 e. The number of rotatable bonds is 4. The molecule has 0 spiro atoms. The van der Waals surface area contributed by atoms with E-state index in [1.165, 1.54) is 7.11 Å². The fraction of sp³-hybridized carbons (Fsp3) is 0.200. The number of amides is 1. The topological polar surface area (TPSA) is 60.5 Å². The van der Waals surface area contributed by atoms with Crippen molar-refractivity contribution in [1.29, 1.82) is 0 Å². The maximum absolute atomic E-state index is 12.1. The van der Waals surface area contributed by atoms with Gasteiger partial charge in [0.25, 0.3) is 5.91 Å². The van der Waals surface area contributed by atoms with Gasteiger partial charge in [-0.15, -0.1) is 0 Å². The smallest absolute Gasteiger partial charge is 0.274 e. The molecule has 1 aromatic carbocycles. The lowest BCUT2D eigenvalue weighted by atomic mass is 10.2. The zero-order valence-electron chi connectivity index (χ0n) is 11.6. The molecule has 0 atom stereocenters. The van der Waals surface area contributed by atoms with Crippen molar-refractivity contribution < 1.29 is 14.3 Å². The number of carbonyl (C=O) groups excluding carboxylic acids is 1. The van der Waals surface area contributed by atoms with Crippen molar-refractivity contribution in [3.8, 4) is 11.5 Å². The molecule has 2 aromatic rings. The number of nitrogens with zero attached hydrogens (tertiary/aromatic N) is 1. The fourth-order valence-electron chi connectivity index (χ4n) is 1.76. The van der Waals surface area contributed by atoms with E-state index in [1.54, 1.807) is 37.4 Å². The van der Waals surface area contributed by atoms with E-state index < -0.39 is 0 Å². The molecule has 0 bridgehead atoms. The average Bonchev–Trinajstić information content (AvgIpc) is 2.47. The highest BCUT2D eigenvalue weighted by molar-refractivity contribution is 6.03. The lowest BCUT2D eigenvalue weighted by Crippen LogP contribution is -2.14. The van der Waals surface area contributed by atoms with Crippen LogP contribution in [-0.2, 0) is 0 Å². The number of anilines is 1. The number of nitrogens with one attached hydrogen (secondary N) is 1. The Kier molecular flexibility index (Phi) is 4.20. The molecule has 5 nitrogen and oxygen atoms in total. The molecular formula is C15H16N2O3. The highest BCUT2D eigenvalue weighted by atomic mass is 16.5. The van der Waals surface area contributed by atoms with Gasteiger partial charge in [0.05, 0.1) is 19.9 Å². The van der Waals surface area contributed by atoms with Crippen LogP contribution in [0, 0.1) is 6.92 Å². The third-order valence-electron chi connectivity index (χ3n) is 2.78. The van der Waals surface area contributed by atoms with Gasteiger partial charge >= 0.3 is 0 Å². The Balaban J connectivity index is 2.23. The van der Waals surface area contributed by atoms with Gasteiger partial charge in [-0.05, 0) is 31.2 Å². The SMILES string of the molecule is COc1ccc(NC(=O)c2cccc(C)n2)c(OC)c1. The summed E-state index contributed by atoms with van der Waals surface area (Å²) in [6, 6.07) is 10.5. The van der Waals surface area contributed by atoms with E-state index in [2.05, 4.69) is 10.3 Å². The van der Waals surface area contributed by atoms with E-state index in [0.717, 1.165) is 5.69 Å². The van der Waals surface area contributed by atoms with E-state index in [0.29, 0.717) is 22.9 Å². The van der Waals surface area contributed by atoms with Crippen molar-refractivity contribution >= 4 is 11.6 Å². The molecule has 1 aromatic heterocycles. The molecular weight excluding hydrogens is 256 g/mol. The number of ether oxygens (including phenoxy) is 2. The summed E-state index contributed by atoms with van der Waals surface area (Å²) < 4.78 is 10.3. The molecule has 104 valence electrons. The molecule has 0 saturated carbocycles. The highest BCUT2D eigenvalue weighted by Crippen LogP contribution is 2.29. The van der Waals surface area contributed by atoms with Crippen LogP contribution in [0.1, 0.15) is 16.2 Å². The molecule has 1 amide bonds. The van der Waals surface area contributed by atoms with Gasteiger partial charge < -0.3 is 14.8 Å². The second-order valence-electron chi connectivity index (χ2n) is 4.18. The lowest BCUT2D eigenvalue weighted by molar-refractivity contribution is 0.102. The Morgan fingerprint density at radius 2 is 1.95 bits per heavy atom. The molecule has 2 rings (SSSR count). The monoisotopic (exact) mass is 272 g/mol. The van der Waals surface area contributed by atoms with E-state index in [-0.39, 0.29) is 5.91 Å². The van der Waals surface area contributed by atoms with Crippen LogP contribution in [-0.4, -0.2) is 25.1 Å². The Bertz CT molecular complexity index is 626. The standard InChI is InChI=1S/C15H16N2O3/c1-10-5-4-6-13(16-10)15(18)17-12-8-7-11(19-2)9-14(12)20-3/h4-9H,1-3H3,(H,17,18). The predicted octanol–water partition coefficient (Wildman–Crippen LogP) is 2.66. The zero-order valence-corrected chi connectivity index (χ0v) is 11.6. The summed E-state index contributed by atoms with van der Waals surface area (Å²) in [5, 5.41) is 2.77. The van der Waals surface area contributed by atoms with Gasteiger partial charge in [0, 0.05) is 11.8 Å². The quantitative estimate of drug-likeness (QED) is 0.929. The largest absolute Gasteiger partial charge is 0.497 e. The Hall–Kier alpha value is -2.56. The molecule has 0 saturated heterocycles. The average molecular weight is 272 g/mol. The van der Waals surface area contributed by atoms with Crippen LogP contribution < -0.4 is 14.8 Å². The summed E-state index contributed by atoms with van der Waals surface area (Å²) in [5.41, 5.74) is 1.73. The minimum atomic E-state index is -0.280. The molecule has 5 heteroatoms. The van der Waals surface area contributed by atoms with Crippen molar-refractivity contribution in [3.63, 3.8) is 0 Å². The molecule has 20 heavy (non-hydrogen) atoms. The summed E-state index contributed by atoms with van der Waals surface area (Å²) in [7, 11) is 3.11. The number of hydrogen-bond donors (Lipinski definition) is 1. The molecule has 0 aliphatic carbocycles. The van der Waals surface area contributed by atoms with Gasteiger partial charge in [0.15, 0.2) is 0 Å². The van der Waals surface area contributed by atoms with Crippen LogP contribution in [0.15, 0.2) is 36.4 Å². The van der Waals surface area contributed by atoms with E-state index in [1.807, 2.05) is 13.0 Å². The molecule has 0 unspecified atom stereocenters. The maximum Gasteiger partial charge on any atom is 0.274 e. The van der Waals surface area contributed by atoms with Crippen LogP contribution in [0.3, 0.4) is 0 Å². The summed E-state index contributed by atoms with van der Waals surface area (Å²) >= 11 is 0. The summed E-state index contributed by atoms with van der Waals surface area (Å²) in [5.74, 6) is 0.913. The van der Waals surface area contributed by atoms with E-state index in [9.17, 15) is 4.79 Å². The van der Waals surface area contributed by atoms with E-state index >= 15 is 0 Å². The highest BCUT2D eigenvalue weighted by Gasteiger charge is 2.11. The number of hydrogen-bond acceptors (Lipinski definition) is 4. The maximum atomic E-state index is 12.1. The first kappa shape index (κ1) is 13.9. The first-order valence-corrected chi connectivity index (χ1v) is 6.11. The third-order valence-corrected chi connectivity index (χ3v) is 2.78. The molecule has 1 heterocycles.